The monoisotopic (exact) mass is 255 g/mol. The standard InChI is InChI=1S/C11H10ClNO4/c1-2-17-11(15)9(13-16)10(14)7-3-5-8(12)6-4-7/h3-6,16H,2H2,1H3. The van der Waals surface area contributed by atoms with E-state index in [0.717, 1.165) is 0 Å². The second-order valence-electron chi connectivity index (χ2n) is 3.01. The zero-order valence-electron chi connectivity index (χ0n) is 9.01. The van der Waals surface area contributed by atoms with Crippen molar-refractivity contribution in [2.45, 2.75) is 6.92 Å². The smallest absolute Gasteiger partial charge is 0.364 e. The third-order valence-electron chi connectivity index (χ3n) is 1.89. The molecule has 17 heavy (non-hydrogen) atoms. The molecule has 0 aromatic heterocycles. The number of hydrogen-bond donors (Lipinski definition) is 1. The molecule has 0 saturated carbocycles. The number of benzene rings is 1. The Balaban J connectivity index is 2.95. The second-order valence-corrected chi connectivity index (χ2v) is 3.44. The number of oxime groups is 1. The summed E-state index contributed by atoms with van der Waals surface area (Å²) in [5, 5.41) is 11.8. The van der Waals surface area contributed by atoms with Crippen molar-refractivity contribution in [3.63, 3.8) is 0 Å². The van der Waals surface area contributed by atoms with Gasteiger partial charge in [0.25, 0.3) is 0 Å². The fraction of sp³-hybridized carbons (Fsp3) is 0.182. The zero-order chi connectivity index (χ0) is 12.8. The van der Waals surface area contributed by atoms with Crippen LogP contribution in [-0.2, 0) is 9.53 Å². The fourth-order valence-electron chi connectivity index (χ4n) is 1.12. The number of rotatable bonds is 4. The van der Waals surface area contributed by atoms with Crippen LogP contribution < -0.4 is 0 Å². The Kier molecular flexibility index (Phi) is 4.66. The van der Waals surface area contributed by atoms with E-state index >= 15 is 0 Å². The number of nitrogens with zero attached hydrogens (tertiary/aromatic N) is 1. The molecule has 0 saturated heterocycles. The minimum absolute atomic E-state index is 0.0890. The Labute approximate surface area is 103 Å². The molecule has 0 aliphatic rings. The van der Waals surface area contributed by atoms with Crippen LogP contribution in [0.15, 0.2) is 29.4 Å². The van der Waals surface area contributed by atoms with Gasteiger partial charge in [0.1, 0.15) is 0 Å². The molecule has 0 fully saturated rings. The van der Waals surface area contributed by atoms with Crippen molar-refractivity contribution in [1.82, 2.24) is 0 Å². The van der Waals surface area contributed by atoms with Crippen LogP contribution in [0.25, 0.3) is 0 Å². The van der Waals surface area contributed by atoms with Gasteiger partial charge in [-0.25, -0.2) is 4.79 Å². The summed E-state index contributed by atoms with van der Waals surface area (Å²) in [5.41, 5.74) is -0.468. The summed E-state index contributed by atoms with van der Waals surface area (Å²) in [6, 6.07) is 5.84. The number of ether oxygens (including phenoxy) is 1. The average Bonchev–Trinajstić information content (AvgIpc) is 2.31. The lowest BCUT2D eigenvalue weighted by Gasteiger charge is -2.03. The first kappa shape index (κ1) is 13.2. The van der Waals surface area contributed by atoms with Crippen molar-refractivity contribution in [3.8, 4) is 0 Å². The van der Waals surface area contributed by atoms with Crippen molar-refractivity contribution >= 4 is 29.1 Å². The van der Waals surface area contributed by atoms with Gasteiger partial charge < -0.3 is 9.94 Å². The highest BCUT2D eigenvalue weighted by atomic mass is 35.5. The molecule has 0 bridgehead atoms. The Morgan fingerprint density at radius 2 is 1.94 bits per heavy atom. The quantitative estimate of drug-likeness (QED) is 0.223. The van der Waals surface area contributed by atoms with Gasteiger partial charge in [0.05, 0.1) is 6.61 Å². The Bertz CT molecular complexity index is 453. The fourth-order valence-corrected chi connectivity index (χ4v) is 1.24. The summed E-state index contributed by atoms with van der Waals surface area (Å²) in [6.45, 7) is 1.67. The average molecular weight is 256 g/mol. The van der Waals surface area contributed by atoms with Gasteiger partial charge in [-0.2, -0.15) is 0 Å². The highest BCUT2D eigenvalue weighted by Gasteiger charge is 2.23. The number of ketones is 1. The molecular formula is C11H10ClNO4. The number of hydrogen-bond acceptors (Lipinski definition) is 5. The first-order valence-corrected chi connectivity index (χ1v) is 5.17. The van der Waals surface area contributed by atoms with E-state index in [1.807, 2.05) is 0 Å². The van der Waals surface area contributed by atoms with E-state index in [9.17, 15) is 9.59 Å². The summed E-state index contributed by atoms with van der Waals surface area (Å²) in [4.78, 5) is 23.1. The maximum absolute atomic E-state index is 11.8. The molecule has 0 aliphatic carbocycles. The maximum Gasteiger partial charge on any atom is 0.364 e. The minimum Gasteiger partial charge on any atom is -0.461 e. The van der Waals surface area contributed by atoms with E-state index in [-0.39, 0.29) is 12.2 Å². The predicted octanol–water partition coefficient (Wildman–Crippen LogP) is 1.92. The van der Waals surface area contributed by atoms with E-state index in [4.69, 9.17) is 16.8 Å². The number of carbonyl (C=O) groups is 2. The summed E-state index contributed by atoms with van der Waals surface area (Å²) in [6.07, 6.45) is 0. The lowest BCUT2D eigenvalue weighted by atomic mass is 10.1. The molecule has 0 heterocycles. The molecule has 1 rings (SSSR count). The van der Waals surface area contributed by atoms with Crippen LogP contribution in [0.5, 0.6) is 0 Å². The molecule has 0 atom stereocenters. The summed E-state index contributed by atoms with van der Waals surface area (Å²) in [5.74, 6) is -1.68. The second kappa shape index (κ2) is 6.00. The summed E-state index contributed by atoms with van der Waals surface area (Å²) in [7, 11) is 0. The highest BCUT2D eigenvalue weighted by molar-refractivity contribution is 6.67. The van der Waals surface area contributed by atoms with Crippen LogP contribution in [-0.4, -0.2) is 29.3 Å². The largest absolute Gasteiger partial charge is 0.461 e. The van der Waals surface area contributed by atoms with Crippen LogP contribution in [0, 0.1) is 0 Å². The van der Waals surface area contributed by atoms with Gasteiger partial charge in [0.2, 0.25) is 11.5 Å². The van der Waals surface area contributed by atoms with E-state index in [1.54, 1.807) is 6.92 Å². The molecule has 0 unspecified atom stereocenters. The molecule has 6 heteroatoms. The minimum atomic E-state index is -0.963. The third kappa shape index (κ3) is 3.29. The van der Waals surface area contributed by atoms with Crippen LogP contribution in [0.4, 0.5) is 0 Å². The number of carbonyl (C=O) groups excluding carboxylic acids is 2. The maximum atomic E-state index is 11.8. The van der Waals surface area contributed by atoms with E-state index in [2.05, 4.69) is 9.89 Å². The van der Waals surface area contributed by atoms with Crippen LogP contribution >= 0.6 is 11.6 Å². The van der Waals surface area contributed by atoms with Crippen molar-refractivity contribution in [1.29, 1.82) is 0 Å². The summed E-state index contributed by atoms with van der Waals surface area (Å²) >= 11 is 5.66. The van der Waals surface area contributed by atoms with E-state index < -0.39 is 17.5 Å². The van der Waals surface area contributed by atoms with Gasteiger partial charge in [-0.1, -0.05) is 16.8 Å². The molecule has 0 radical (unpaired) electrons. The zero-order valence-corrected chi connectivity index (χ0v) is 9.77. The predicted molar refractivity (Wildman–Crippen MR) is 61.6 cm³/mol. The third-order valence-corrected chi connectivity index (χ3v) is 2.14. The van der Waals surface area contributed by atoms with Gasteiger partial charge in [0.15, 0.2) is 0 Å². The molecular weight excluding hydrogens is 246 g/mol. The highest BCUT2D eigenvalue weighted by Crippen LogP contribution is 2.10. The SMILES string of the molecule is CCOC(=O)C(=NO)C(=O)c1ccc(Cl)cc1. The van der Waals surface area contributed by atoms with Crippen LogP contribution in [0.1, 0.15) is 17.3 Å². The van der Waals surface area contributed by atoms with Crippen molar-refractivity contribution in [2.75, 3.05) is 6.61 Å². The normalized spacial score (nSPS) is 11.1. The molecule has 5 nitrogen and oxygen atoms in total. The van der Waals surface area contributed by atoms with Gasteiger partial charge in [-0.05, 0) is 31.2 Å². The van der Waals surface area contributed by atoms with Crippen LogP contribution in [0.2, 0.25) is 5.02 Å². The van der Waals surface area contributed by atoms with Crippen molar-refractivity contribution in [2.24, 2.45) is 5.16 Å². The van der Waals surface area contributed by atoms with E-state index in [1.165, 1.54) is 24.3 Å². The van der Waals surface area contributed by atoms with Crippen molar-refractivity contribution < 1.29 is 19.5 Å². The molecule has 0 spiro atoms. The first-order valence-electron chi connectivity index (χ1n) is 4.79. The molecule has 1 aromatic carbocycles. The molecule has 1 N–H and O–H groups in total. The molecule has 0 aliphatic heterocycles. The Morgan fingerprint density at radius 1 is 1.35 bits per heavy atom. The van der Waals surface area contributed by atoms with Gasteiger partial charge >= 0.3 is 5.97 Å². The first-order chi connectivity index (χ1) is 8.10. The van der Waals surface area contributed by atoms with Crippen molar-refractivity contribution in [3.05, 3.63) is 34.9 Å². The Hall–Kier alpha value is -1.88. The lowest BCUT2D eigenvalue weighted by Crippen LogP contribution is -2.26. The Morgan fingerprint density at radius 3 is 2.41 bits per heavy atom. The molecule has 1 aromatic rings. The molecule has 90 valence electrons. The van der Waals surface area contributed by atoms with E-state index in [0.29, 0.717) is 5.02 Å². The van der Waals surface area contributed by atoms with Gasteiger partial charge in [-0.3, -0.25) is 4.79 Å². The topological polar surface area (TPSA) is 76.0 Å². The summed E-state index contributed by atoms with van der Waals surface area (Å²) < 4.78 is 4.58. The number of halogens is 1. The van der Waals surface area contributed by atoms with Gasteiger partial charge in [-0.15, -0.1) is 0 Å². The lowest BCUT2D eigenvalue weighted by molar-refractivity contribution is -0.135. The molecule has 0 amide bonds. The van der Waals surface area contributed by atoms with Gasteiger partial charge in [0, 0.05) is 10.6 Å². The number of Topliss-reactive ketones (excluding diaryl/α,β-unsaturated/α-hetero) is 1. The number of esters is 1. The van der Waals surface area contributed by atoms with Crippen LogP contribution in [0.3, 0.4) is 0 Å².